The third kappa shape index (κ3) is 29.7. The quantitative estimate of drug-likeness (QED) is 0.111. The third-order valence-electron chi connectivity index (χ3n) is 10.2. The Hall–Kier alpha value is -3.20. The number of aromatic nitrogens is 2. The highest BCUT2D eigenvalue weighted by molar-refractivity contribution is 5.27. The Bertz CT molecular complexity index is 1290. The Morgan fingerprint density at radius 2 is 0.873 bits per heavy atom. The Morgan fingerprint density at radius 1 is 0.473 bits per heavy atom. The number of benzene rings is 2. The van der Waals surface area contributed by atoms with Gasteiger partial charge in [-0.2, -0.15) is 0 Å². The molecule has 1 aliphatic rings. The largest absolute Gasteiger partial charge is 0.497 e. The molecule has 1 saturated carbocycles. The first-order chi connectivity index (χ1) is 26.4. The average Bonchev–Trinajstić information content (AvgIpc) is 3.91. The maximum absolute atomic E-state index is 5.09. The fourth-order valence-corrected chi connectivity index (χ4v) is 6.25. The number of hydrogen-bond acceptors (Lipinski definition) is 1. The van der Waals surface area contributed by atoms with E-state index in [9.17, 15) is 0 Å². The van der Waals surface area contributed by atoms with Crippen LogP contribution in [0.2, 0.25) is 0 Å². The molecule has 310 valence electrons. The third-order valence-corrected chi connectivity index (χ3v) is 10.2. The van der Waals surface area contributed by atoms with E-state index >= 15 is 0 Å². The summed E-state index contributed by atoms with van der Waals surface area (Å²) in [5.74, 6) is 6.15. The lowest BCUT2D eigenvalue weighted by Gasteiger charge is -2.21. The zero-order valence-electron chi connectivity index (χ0n) is 37.7. The second kappa shape index (κ2) is 31.9. The van der Waals surface area contributed by atoms with Gasteiger partial charge in [-0.25, -0.2) is 0 Å². The molecule has 0 aliphatic heterocycles. The van der Waals surface area contributed by atoms with Gasteiger partial charge in [0.2, 0.25) is 0 Å². The second-order valence-corrected chi connectivity index (χ2v) is 17.9. The number of methoxy groups -OCH3 is 1. The topological polar surface area (TPSA) is 19.1 Å². The number of rotatable bonds is 16. The normalized spacial score (nSPS) is 12.7. The van der Waals surface area contributed by atoms with E-state index in [-0.39, 0.29) is 0 Å². The molecule has 2 aromatic heterocycles. The van der Waals surface area contributed by atoms with Gasteiger partial charge in [-0.05, 0) is 122 Å². The number of aryl methyl sites for hydroxylation is 4. The van der Waals surface area contributed by atoms with Gasteiger partial charge in [-0.3, -0.25) is 0 Å². The molecule has 0 N–H and O–H groups in total. The smallest absolute Gasteiger partial charge is 0.118 e. The molecule has 1 fully saturated rings. The predicted molar refractivity (Wildman–Crippen MR) is 244 cm³/mol. The minimum Gasteiger partial charge on any atom is -0.497 e. The van der Waals surface area contributed by atoms with Crippen molar-refractivity contribution in [2.75, 3.05) is 7.11 Å². The van der Waals surface area contributed by atoms with Crippen molar-refractivity contribution in [3.8, 4) is 5.75 Å². The average molecular weight is 755 g/mol. The van der Waals surface area contributed by atoms with E-state index in [1.54, 1.807) is 7.11 Å². The Kier molecular flexibility index (Phi) is 28.9. The highest BCUT2D eigenvalue weighted by atomic mass is 16.5. The van der Waals surface area contributed by atoms with Gasteiger partial charge in [-0.15, -0.1) is 0 Å². The van der Waals surface area contributed by atoms with Crippen LogP contribution in [0, 0.1) is 35.5 Å². The van der Waals surface area contributed by atoms with Gasteiger partial charge in [0.1, 0.15) is 5.75 Å². The highest BCUT2D eigenvalue weighted by Crippen LogP contribution is 2.28. The molecule has 0 radical (unpaired) electrons. The van der Waals surface area contributed by atoms with Gasteiger partial charge in [0.05, 0.1) is 7.11 Å². The van der Waals surface area contributed by atoms with E-state index in [4.69, 9.17) is 4.74 Å². The van der Waals surface area contributed by atoms with Gasteiger partial charge >= 0.3 is 0 Å². The van der Waals surface area contributed by atoms with Gasteiger partial charge < -0.3 is 13.9 Å². The fourth-order valence-electron chi connectivity index (χ4n) is 6.25. The van der Waals surface area contributed by atoms with Gasteiger partial charge in [0.25, 0.3) is 0 Å². The zero-order valence-corrected chi connectivity index (χ0v) is 37.7. The van der Waals surface area contributed by atoms with Crippen molar-refractivity contribution in [3.05, 3.63) is 115 Å². The molecule has 1 aliphatic carbocycles. The lowest BCUT2D eigenvalue weighted by Crippen LogP contribution is -2.06. The molecule has 4 aromatic rings. The first-order valence-electron chi connectivity index (χ1n) is 22.3. The van der Waals surface area contributed by atoms with Gasteiger partial charge in [-0.1, -0.05) is 157 Å². The SMILES string of the molecule is CC(C)CCC1CCCCC1.CC(C)CCc1ccccc1.CC(C)CCn1cccc1.CC(C)CCn1cccc1.COc1ccc(CCC(C)C)cc1. The van der Waals surface area contributed by atoms with Crippen molar-refractivity contribution in [1.29, 1.82) is 0 Å². The molecule has 0 saturated heterocycles. The first kappa shape index (κ1) is 49.8. The Labute approximate surface area is 341 Å². The summed E-state index contributed by atoms with van der Waals surface area (Å²) in [5, 5.41) is 0. The lowest BCUT2D eigenvalue weighted by atomic mass is 9.85. The minimum absolute atomic E-state index is 0.780. The van der Waals surface area contributed by atoms with E-state index in [0.717, 1.165) is 54.3 Å². The summed E-state index contributed by atoms with van der Waals surface area (Å²) in [4.78, 5) is 0. The minimum atomic E-state index is 0.780. The van der Waals surface area contributed by atoms with Crippen LogP contribution in [-0.4, -0.2) is 16.2 Å². The molecule has 2 aromatic carbocycles. The molecule has 5 rings (SSSR count). The van der Waals surface area contributed by atoms with Gasteiger partial charge in [0, 0.05) is 37.9 Å². The molecule has 2 heterocycles. The van der Waals surface area contributed by atoms with Crippen LogP contribution in [0.5, 0.6) is 5.75 Å². The molecule has 0 amide bonds. The van der Waals surface area contributed by atoms with Crippen LogP contribution < -0.4 is 4.74 Å². The van der Waals surface area contributed by atoms with E-state index in [2.05, 4.69) is 170 Å². The molecule has 3 heteroatoms. The molecule has 0 atom stereocenters. The van der Waals surface area contributed by atoms with Crippen molar-refractivity contribution in [3.63, 3.8) is 0 Å². The first-order valence-corrected chi connectivity index (χ1v) is 22.3. The van der Waals surface area contributed by atoms with E-state index in [0.29, 0.717) is 0 Å². The van der Waals surface area contributed by atoms with Crippen molar-refractivity contribution < 1.29 is 4.74 Å². The second-order valence-electron chi connectivity index (χ2n) is 17.9. The van der Waals surface area contributed by atoms with Crippen LogP contribution in [0.25, 0.3) is 0 Å². The summed E-state index contributed by atoms with van der Waals surface area (Å²) in [5.41, 5.74) is 2.86. The molecule has 0 unspecified atom stereocenters. The van der Waals surface area contributed by atoms with Crippen LogP contribution >= 0.6 is 0 Å². The van der Waals surface area contributed by atoms with Crippen molar-refractivity contribution in [2.45, 2.75) is 166 Å². The highest BCUT2D eigenvalue weighted by Gasteiger charge is 2.13. The van der Waals surface area contributed by atoms with E-state index in [1.165, 1.54) is 94.6 Å². The van der Waals surface area contributed by atoms with Gasteiger partial charge in [0.15, 0.2) is 0 Å². The van der Waals surface area contributed by atoms with Crippen molar-refractivity contribution >= 4 is 0 Å². The summed E-state index contributed by atoms with van der Waals surface area (Å²) in [6.45, 7) is 25.0. The van der Waals surface area contributed by atoms with Crippen LogP contribution in [0.1, 0.15) is 151 Å². The van der Waals surface area contributed by atoms with E-state index in [1.807, 2.05) is 12.1 Å². The van der Waals surface area contributed by atoms with Crippen LogP contribution in [0.4, 0.5) is 0 Å². The molecule has 0 spiro atoms. The molecule has 3 nitrogen and oxygen atoms in total. The zero-order chi connectivity index (χ0) is 40.7. The monoisotopic (exact) mass is 755 g/mol. The number of hydrogen-bond donors (Lipinski definition) is 0. The van der Waals surface area contributed by atoms with Crippen molar-refractivity contribution in [1.82, 2.24) is 9.13 Å². The maximum Gasteiger partial charge on any atom is 0.118 e. The Morgan fingerprint density at radius 3 is 1.25 bits per heavy atom. The molecular weight excluding hydrogens is 669 g/mol. The molecule has 0 bridgehead atoms. The summed E-state index contributed by atoms with van der Waals surface area (Å²) in [7, 11) is 1.70. The predicted octanol–water partition coefficient (Wildman–Crippen LogP) is 15.6. The lowest BCUT2D eigenvalue weighted by molar-refractivity contribution is 0.317. The number of ether oxygens (including phenoxy) is 1. The summed E-state index contributed by atoms with van der Waals surface area (Å²) in [6.07, 6.45) is 26.4. The standard InChI is InChI=1S/C12H18O.C11H22.C11H16.2C9H15N/c1-10(2)4-5-11-6-8-12(13-3)9-7-11;2*1-10(2)8-9-11-6-4-3-5-7-11;2*1-9(2)5-8-10-6-3-4-7-10/h6-10H,4-5H2,1-3H3;10-11H,3-9H2,1-2H3;3-7,10H,8-9H2,1-2H3;2*3-4,6-7,9H,5,8H2,1-2H3. The van der Waals surface area contributed by atoms with Crippen molar-refractivity contribution in [2.24, 2.45) is 35.5 Å². The summed E-state index contributed by atoms with van der Waals surface area (Å²) in [6, 6.07) is 27.3. The summed E-state index contributed by atoms with van der Waals surface area (Å²) < 4.78 is 9.54. The number of nitrogens with zero attached hydrogens (tertiary/aromatic N) is 2. The molecular formula is C52H86N2O. The fraction of sp³-hybridized carbons (Fsp3) is 0.615. The van der Waals surface area contributed by atoms with Crippen LogP contribution in [0.3, 0.4) is 0 Å². The van der Waals surface area contributed by atoms with Crippen LogP contribution in [0.15, 0.2) is 104 Å². The Balaban J connectivity index is 0.000000345. The van der Waals surface area contributed by atoms with E-state index < -0.39 is 0 Å². The maximum atomic E-state index is 5.09. The molecule has 55 heavy (non-hydrogen) atoms. The summed E-state index contributed by atoms with van der Waals surface area (Å²) >= 11 is 0. The van der Waals surface area contributed by atoms with Crippen LogP contribution in [-0.2, 0) is 25.9 Å².